The third kappa shape index (κ3) is 3.27. The number of hydrogen-bond donors (Lipinski definition) is 2. The SMILES string of the molecule is CC(C)CC(NC(=O)c1ccoc1)C(=O)C1CNC2C(=O)COC12. The molecule has 130 valence electrons. The van der Waals surface area contributed by atoms with Crippen molar-refractivity contribution in [3.63, 3.8) is 0 Å². The molecule has 0 saturated carbocycles. The van der Waals surface area contributed by atoms with Crippen LogP contribution < -0.4 is 10.6 Å². The fourth-order valence-electron chi connectivity index (χ4n) is 3.37. The van der Waals surface area contributed by atoms with E-state index in [1.165, 1.54) is 12.5 Å². The molecule has 0 aromatic carbocycles. The first kappa shape index (κ1) is 16.9. The number of amides is 1. The summed E-state index contributed by atoms with van der Waals surface area (Å²) in [7, 11) is 0. The lowest BCUT2D eigenvalue weighted by molar-refractivity contribution is -0.128. The van der Waals surface area contributed by atoms with Crippen molar-refractivity contribution in [2.24, 2.45) is 11.8 Å². The van der Waals surface area contributed by atoms with Crippen molar-refractivity contribution >= 4 is 17.5 Å². The molecule has 24 heavy (non-hydrogen) atoms. The second-order valence-electron chi connectivity index (χ2n) is 6.80. The van der Waals surface area contributed by atoms with E-state index in [0.29, 0.717) is 18.5 Å². The van der Waals surface area contributed by atoms with Crippen LogP contribution in [0.2, 0.25) is 0 Å². The van der Waals surface area contributed by atoms with Gasteiger partial charge in [0.25, 0.3) is 5.91 Å². The van der Waals surface area contributed by atoms with Crippen LogP contribution in [0.1, 0.15) is 30.6 Å². The van der Waals surface area contributed by atoms with E-state index in [2.05, 4.69) is 10.6 Å². The monoisotopic (exact) mass is 334 g/mol. The van der Waals surface area contributed by atoms with Crippen molar-refractivity contribution in [2.75, 3.05) is 13.2 Å². The second-order valence-corrected chi connectivity index (χ2v) is 6.80. The molecule has 7 nitrogen and oxygen atoms in total. The highest BCUT2D eigenvalue weighted by Crippen LogP contribution is 2.27. The van der Waals surface area contributed by atoms with Gasteiger partial charge >= 0.3 is 0 Å². The first-order chi connectivity index (χ1) is 11.5. The molecule has 2 N–H and O–H groups in total. The van der Waals surface area contributed by atoms with E-state index in [1.807, 2.05) is 13.8 Å². The molecule has 0 radical (unpaired) electrons. The third-order valence-electron chi connectivity index (χ3n) is 4.55. The molecule has 0 bridgehead atoms. The molecule has 0 spiro atoms. The van der Waals surface area contributed by atoms with Crippen LogP contribution in [0.15, 0.2) is 23.0 Å². The molecular formula is C17H22N2O5. The molecule has 3 rings (SSSR count). The van der Waals surface area contributed by atoms with Crippen LogP contribution in [0, 0.1) is 11.8 Å². The lowest BCUT2D eigenvalue weighted by Crippen LogP contribution is -2.47. The Hall–Kier alpha value is -1.99. The van der Waals surface area contributed by atoms with Crippen molar-refractivity contribution in [3.8, 4) is 0 Å². The summed E-state index contributed by atoms with van der Waals surface area (Å²) in [5.74, 6) is -0.628. The average Bonchev–Trinajstić information content (AvgIpc) is 3.24. The maximum Gasteiger partial charge on any atom is 0.255 e. The smallest absolute Gasteiger partial charge is 0.255 e. The highest BCUT2D eigenvalue weighted by molar-refractivity contribution is 5.99. The summed E-state index contributed by atoms with van der Waals surface area (Å²) in [5.41, 5.74) is 0.381. The van der Waals surface area contributed by atoms with Crippen molar-refractivity contribution in [1.29, 1.82) is 0 Å². The number of carbonyl (C=O) groups is 3. The van der Waals surface area contributed by atoms with E-state index in [0.717, 1.165) is 0 Å². The Morgan fingerprint density at radius 3 is 2.88 bits per heavy atom. The first-order valence-corrected chi connectivity index (χ1v) is 8.22. The quantitative estimate of drug-likeness (QED) is 0.788. The summed E-state index contributed by atoms with van der Waals surface area (Å²) in [6.07, 6.45) is 2.87. The van der Waals surface area contributed by atoms with Crippen LogP contribution in [0.4, 0.5) is 0 Å². The van der Waals surface area contributed by atoms with Gasteiger partial charge in [0.2, 0.25) is 0 Å². The van der Waals surface area contributed by atoms with Crippen LogP contribution in [-0.4, -0.2) is 48.8 Å². The van der Waals surface area contributed by atoms with Gasteiger partial charge in [-0.2, -0.15) is 0 Å². The van der Waals surface area contributed by atoms with Crippen LogP contribution in [0.5, 0.6) is 0 Å². The molecule has 1 aromatic heterocycles. The van der Waals surface area contributed by atoms with Gasteiger partial charge in [-0.05, 0) is 18.4 Å². The number of nitrogens with one attached hydrogen (secondary N) is 2. The van der Waals surface area contributed by atoms with Gasteiger partial charge in [0.15, 0.2) is 11.6 Å². The predicted molar refractivity (Wildman–Crippen MR) is 84.5 cm³/mol. The average molecular weight is 334 g/mol. The Balaban J connectivity index is 1.72. The van der Waals surface area contributed by atoms with E-state index in [1.54, 1.807) is 6.07 Å². The zero-order valence-electron chi connectivity index (χ0n) is 13.8. The van der Waals surface area contributed by atoms with Gasteiger partial charge in [-0.15, -0.1) is 0 Å². The summed E-state index contributed by atoms with van der Waals surface area (Å²) in [5, 5.41) is 5.87. The van der Waals surface area contributed by atoms with Gasteiger partial charge in [0.05, 0.1) is 35.9 Å². The molecule has 3 heterocycles. The molecular weight excluding hydrogens is 312 g/mol. The Morgan fingerprint density at radius 1 is 1.42 bits per heavy atom. The summed E-state index contributed by atoms with van der Waals surface area (Å²) in [6.45, 7) is 4.43. The molecule has 4 atom stereocenters. The fraction of sp³-hybridized carbons (Fsp3) is 0.588. The van der Waals surface area contributed by atoms with Crippen molar-refractivity contribution in [2.45, 2.75) is 38.5 Å². The minimum atomic E-state index is -0.614. The summed E-state index contributed by atoms with van der Waals surface area (Å²) in [6, 6.07) is 0.540. The van der Waals surface area contributed by atoms with Gasteiger partial charge in [0, 0.05) is 6.54 Å². The van der Waals surface area contributed by atoms with Crippen LogP contribution >= 0.6 is 0 Å². The standard InChI is InChI=1S/C17H22N2O5/c1-9(2)5-12(19-17(22)10-3-4-23-7-10)15(21)11-6-18-14-13(20)8-24-16(11)14/h3-4,7,9,11-12,14,16,18H,5-6,8H2,1-2H3,(H,19,22). The number of ketones is 2. The summed E-state index contributed by atoms with van der Waals surface area (Å²) in [4.78, 5) is 37.0. The van der Waals surface area contributed by atoms with Gasteiger partial charge in [-0.3, -0.25) is 14.4 Å². The molecule has 2 fully saturated rings. The normalized spacial score (nSPS) is 27.3. The van der Waals surface area contributed by atoms with Crippen molar-refractivity contribution in [3.05, 3.63) is 24.2 Å². The number of ether oxygens (including phenoxy) is 1. The molecule has 4 unspecified atom stereocenters. The van der Waals surface area contributed by atoms with Crippen LogP contribution in [0.3, 0.4) is 0 Å². The van der Waals surface area contributed by atoms with Crippen molar-refractivity contribution in [1.82, 2.24) is 10.6 Å². The lowest BCUT2D eigenvalue weighted by Gasteiger charge is -2.24. The number of furan rings is 1. The number of Topliss-reactive ketones (excluding diaryl/α,β-unsaturated/α-hetero) is 2. The molecule has 0 aliphatic carbocycles. The largest absolute Gasteiger partial charge is 0.472 e. The Bertz CT molecular complexity index is 625. The van der Waals surface area contributed by atoms with Crippen molar-refractivity contribution < 1.29 is 23.5 Å². The Kier molecular flexibility index (Phi) is 4.82. The minimum absolute atomic E-state index is 0.0156. The molecule has 2 aliphatic rings. The van der Waals surface area contributed by atoms with Gasteiger partial charge in [0.1, 0.15) is 12.9 Å². The maximum absolute atomic E-state index is 13.0. The van der Waals surface area contributed by atoms with E-state index in [9.17, 15) is 14.4 Å². The fourth-order valence-corrected chi connectivity index (χ4v) is 3.37. The Morgan fingerprint density at radius 2 is 2.21 bits per heavy atom. The second kappa shape index (κ2) is 6.86. The molecule has 2 saturated heterocycles. The van der Waals surface area contributed by atoms with Crippen LogP contribution in [0.25, 0.3) is 0 Å². The molecule has 1 amide bonds. The molecule has 7 heteroatoms. The van der Waals surface area contributed by atoms with Gasteiger partial charge in [-0.1, -0.05) is 13.8 Å². The first-order valence-electron chi connectivity index (χ1n) is 8.22. The number of fused-ring (bicyclic) bond motifs is 1. The lowest BCUT2D eigenvalue weighted by atomic mass is 9.88. The number of hydrogen-bond acceptors (Lipinski definition) is 6. The molecule has 1 aromatic rings. The van der Waals surface area contributed by atoms with Gasteiger partial charge in [-0.25, -0.2) is 0 Å². The van der Waals surface area contributed by atoms with Crippen LogP contribution in [-0.2, 0) is 14.3 Å². The van der Waals surface area contributed by atoms with E-state index < -0.39 is 24.1 Å². The van der Waals surface area contributed by atoms with E-state index >= 15 is 0 Å². The Labute approximate surface area is 140 Å². The van der Waals surface area contributed by atoms with E-state index in [-0.39, 0.29) is 30.0 Å². The topological polar surface area (TPSA) is 97.6 Å². The highest BCUT2D eigenvalue weighted by atomic mass is 16.5. The third-order valence-corrected chi connectivity index (χ3v) is 4.55. The number of carbonyl (C=O) groups excluding carboxylic acids is 3. The summed E-state index contributed by atoms with van der Waals surface area (Å²) >= 11 is 0. The zero-order valence-corrected chi connectivity index (χ0v) is 13.8. The molecule has 2 aliphatic heterocycles. The summed E-state index contributed by atoms with van der Waals surface area (Å²) < 4.78 is 10.4. The van der Waals surface area contributed by atoms with E-state index in [4.69, 9.17) is 9.15 Å². The predicted octanol–water partition coefficient (Wildman–Crippen LogP) is 0.549. The zero-order chi connectivity index (χ0) is 17.3. The maximum atomic E-state index is 13.0. The van der Waals surface area contributed by atoms with Gasteiger partial charge < -0.3 is 19.8 Å². The highest BCUT2D eigenvalue weighted by Gasteiger charge is 2.49. The minimum Gasteiger partial charge on any atom is -0.472 e. The number of rotatable bonds is 6.